The molecule has 0 aromatic heterocycles. The maximum absolute atomic E-state index is 13.2. The number of carbonyl (C=O) groups is 2. The summed E-state index contributed by atoms with van der Waals surface area (Å²) in [5.41, 5.74) is 0.686. The van der Waals surface area contributed by atoms with Crippen LogP contribution in [0.2, 0.25) is 0 Å². The molecule has 1 aromatic rings. The van der Waals surface area contributed by atoms with Gasteiger partial charge in [0.2, 0.25) is 5.91 Å². The Morgan fingerprint density at radius 2 is 1.96 bits per heavy atom. The summed E-state index contributed by atoms with van der Waals surface area (Å²) >= 11 is 0. The second-order valence-corrected chi connectivity index (χ2v) is 7.38. The molecule has 1 saturated carbocycles. The number of amides is 1. The lowest BCUT2D eigenvalue weighted by Gasteiger charge is -2.45. The van der Waals surface area contributed by atoms with Crippen molar-refractivity contribution < 1.29 is 19.2 Å². The van der Waals surface area contributed by atoms with Gasteiger partial charge in [-0.05, 0) is 38.2 Å². The van der Waals surface area contributed by atoms with Gasteiger partial charge in [-0.25, -0.2) is 4.79 Å². The minimum absolute atomic E-state index is 0.0718. The summed E-state index contributed by atoms with van der Waals surface area (Å²) in [5, 5.41) is 1.85. The first-order valence-corrected chi connectivity index (χ1v) is 9.64. The van der Waals surface area contributed by atoms with Gasteiger partial charge in [-0.15, -0.1) is 5.06 Å². The summed E-state index contributed by atoms with van der Waals surface area (Å²) in [6.07, 6.45) is 4.79. The van der Waals surface area contributed by atoms with Crippen molar-refractivity contribution in [3.63, 3.8) is 0 Å². The van der Waals surface area contributed by atoms with Gasteiger partial charge in [-0.2, -0.15) is 0 Å². The number of rotatable bonds is 4. The third-order valence-electron chi connectivity index (χ3n) is 5.81. The molecule has 2 atom stereocenters. The Balaban J connectivity index is 1.61. The maximum Gasteiger partial charge on any atom is 0.337 e. The first-order chi connectivity index (χ1) is 12.7. The van der Waals surface area contributed by atoms with E-state index in [0.29, 0.717) is 19.6 Å². The number of benzene rings is 1. The highest BCUT2D eigenvalue weighted by Gasteiger charge is 2.62. The second kappa shape index (κ2) is 7.00. The van der Waals surface area contributed by atoms with Gasteiger partial charge < -0.3 is 9.64 Å². The fourth-order valence-corrected chi connectivity index (χ4v) is 4.62. The molecule has 2 aliphatic heterocycles. The topological polar surface area (TPSA) is 59.1 Å². The van der Waals surface area contributed by atoms with E-state index in [1.165, 1.54) is 6.42 Å². The summed E-state index contributed by atoms with van der Waals surface area (Å²) in [4.78, 5) is 33.4. The van der Waals surface area contributed by atoms with Crippen LogP contribution in [-0.4, -0.2) is 46.3 Å². The quantitative estimate of drug-likeness (QED) is 0.775. The molecule has 1 aliphatic carbocycles. The lowest BCUT2D eigenvalue weighted by atomic mass is 9.88. The number of hydroxylamine groups is 2. The van der Waals surface area contributed by atoms with Gasteiger partial charge in [0.1, 0.15) is 11.7 Å². The van der Waals surface area contributed by atoms with Gasteiger partial charge in [0.25, 0.3) is 0 Å². The zero-order chi connectivity index (χ0) is 18.1. The standard InChI is InChI=1S/C20H26N2O4/c1-2-25-19(24)17-13-16-18(23)21(14-15-9-5-3-6-10-15)20(22(16)26-17)11-7-4-8-12-20/h3,5-6,9-10,16-17H,2,4,7-8,11-14H2,1H3/t16-,17-/m1/s1. The van der Waals surface area contributed by atoms with Crippen LogP contribution in [0.4, 0.5) is 0 Å². The van der Waals surface area contributed by atoms with E-state index in [2.05, 4.69) is 12.1 Å². The van der Waals surface area contributed by atoms with Crippen LogP contribution in [0.1, 0.15) is 51.0 Å². The summed E-state index contributed by atoms with van der Waals surface area (Å²) < 4.78 is 5.11. The molecule has 4 rings (SSSR count). The molecule has 6 heteroatoms. The number of nitrogens with zero attached hydrogens (tertiary/aromatic N) is 2. The van der Waals surface area contributed by atoms with E-state index >= 15 is 0 Å². The van der Waals surface area contributed by atoms with E-state index in [-0.39, 0.29) is 17.9 Å². The number of carbonyl (C=O) groups excluding carboxylic acids is 2. The van der Waals surface area contributed by atoms with Gasteiger partial charge in [-0.1, -0.05) is 36.8 Å². The summed E-state index contributed by atoms with van der Waals surface area (Å²) in [6.45, 7) is 2.69. The Hall–Kier alpha value is -1.92. The van der Waals surface area contributed by atoms with Crippen molar-refractivity contribution in [1.29, 1.82) is 0 Å². The molecular weight excluding hydrogens is 332 g/mol. The van der Waals surface area contributed by atoms with Crippen molar-refractivity contribution in [3.8, 4) is 0 Å². The third-order valence-corrected chi connectivity index (χ3v) is 5.81. The van der Waals surface area contributed by atoms with Crippen LogP contribution in [-0.2, 0) is 25.7 Å². The smallest absolute Gasteiger partial charge is 0.337 e. The first-order valence-electron chi connectivity index (χ1n) is 9.64. The van der Waals surface area contributed by atoms with Gasteiger partial charge in [0.15, 0.2) is 6.10 Å². The zero-order valence-corrected chi connectivity index (χ0v) is 15.2. The molecule has 3 aliphatic rings. The van der Waals surface area contributed by atoms with E-state index in [1.54, 1.807) is 6.92 Å². The van der Waals surface area contributed by atoms with Gasteiger partial charge in [0.05, 0.1) is 6.61 Å². The minimum Gasteiger partial charge on any atom is -0.464 e. The van der Waals surface area contributed by atoms with Crippen LogP contribution in [0.3, 0.4) is 0 Å². The monoisotopic (exact) mass is 358 g/mol. The molecule has 26 heavy (non-hydrogen) atoms. The average Bonchev–Trinajstić information content (AvgIpc) is 3.20. The molecule has 1 aromatic carbocycles. The normalized spacial score (nSPS) is 27.7. The van der Waals surface area contributed by atoms with Crippen molar-refractivity contribution in [2.75, 3.05) is 6.61 Å². The molecule has 1 amide bonds. The predicted octanol–water partition coefficient (Wildman–Crippen LogP) is 2.63. The van der Waals surface area contributed by atoms with E-state index in [0.717, 1.165) is 31.2 Å². The molecule has 0 N–H and O–H groups in total. The van der Waals surface area contributed by atoms with E-state index in [1.807, 2.05) is 28.2 Å². The molecule has 0 radical (unpaired) electrons. The predicted molar refractivity (Wildman–Crippen MR) is 94.6 cm³/mol. The lowest BCUT2D eigenvalue weighted by Crippen LogP contribution is -2.55. The fraction of sp³-hybridized carbons (Fsp3) is 0.600. The van der Waals surface area contributed by atoms with Crippen LogP contribution in [0.25, 0.3) is 0 Å². The third kappa shape index (κ3) is 2.81. The number of fused-ring (bicyclic) bond motifs is 2. The molecule has 2 saturated heterocycles. The van der Waals surface area contributed by atoms with Crippen molar-refractivity contribution in [1.82, 2.24) is 9.96 Å². The highest BCUT2D eigenvalue weighted by atomic mass is 16.7. The largest absolute Gasteiger partial charge is 0.464 e. The average molecular weight is 358 g/mol. The van der Waals surface area contributed by atoms with Crippen LogP contribution in [0, 0.1) is 0 Å². The lowest BCUT2D eigenvalue weighted by molar-refractivity contribution is -0.245. The van der Waals surface area contributed by atoms with Gasteiger partial charge in [-0.3, -0.25) is 9.63 Å². The van der Waals surface area contributed by atoms with Crippen molar-refractivity contribution in [2.45, 2.75) is 69.8 Å². The fourth-order valence-electron chi connectivity index (χ4n) is 4.62. The summed E-state index contributed by atoms with van der Waals surface area (Å²) in [5.74, 6) is -0.294. The molecular formula is C20H26N2O4. The van der Waals surface area contributed by atoms with Gasteiger partial charge >= 0.3 is 5.97 Å². The molecule has 140 valence electrons. The first kappa shape index (κ1) is 17.5. The van der Waals surface area contributed by atoms with Crippen LogP contribution in [0.15, 0.2) is 30.3 Å². The Morgan fingerprint density at radius 1 is 1.23 bits per heavy atom. The minimum atomic E-state index is -0.665. The van der Waals surface area contributed by atoms with Crippen LogP contribution >= 0.6 is 0 Å². The zero-order valence-electron chi connectivity index (χ0n) is 15.2. The molecule has 0 bridgehead atoms. The second-order valence-electron chi connectivity index (χ2n) is 7.38. The summed E-state index contributed by atoms with van der Waals surface area (Å²) in [6, 6.07) is 9.70. The number of ether oxygens (including phenoxy) is 1. The molecule has 1 spiro atoms. The molecule has 0 unspecified atom stereocenters. The highest BCUT2D eigenvalue weighted by molar-refractivity contribution is 5.87. The van der Waals surface area contributed by atoms with Crippen molar-refractivity contribution in [2.24, 2.45) is 0 Å². The van der Waals surface area contributed by atoms with Crippen molar-refractivity contribution >= 4 is 11.9 Å². The van der Waals surface area contributed by atoms with E-state index < -0.39 is 11.8 Å². The number of hydrogen-bond acceptors (Lipinski definition) is 5. The Morgan fingerprint density at radius 3 is 2.65 bits per heavy atom. The van der Waals surface area contributed by atoms with Crippen LogP contribution < -0.4 is 0 Å². The SMILES string of the molecule is CCOC(=O)[C@H]1C[C@@H]2C(=O)N(Cc3ccccc3)C3(CCCCC3)N2O1. The Kier molecular flexibility index (Phi) is 4.71. The van der Waals surface area contributed by atoms with Crippen LogP contribution in [0.5, 0.6) is 0 Å². The maximum atomic E-state index is 13.2. The highest BCUT2D eigenvalue weighted by Crippen LogP contribution is 2.48. The van der Waals surface area contributed by atoms with Gasteiger partial charge in [0, 0.05) is 13.0 Å². The van der Waals surface area contributed by atoms with E-state index in [4.69, 9.17) is 9.57 Å². The Bertz CT molecular complexity index is 672. The molecule has 6 nitrogen and oxygen atoms in total. The molecule has 3 fully saturated rings. The number of hydrogen-bond donors (Lipinski definition) is 0. The van der Waals surface area contributed by atoms with E-state index in [9.17, 15) is 9.59 Å². The number of esters is 1. The Labute approximate surface area is 154 Å². The molecule has 2 heterocycles. The summed E-state index contributed by atoms with van der Waals surface area (Å²) in [7, 11) is 0. The van der Waals surface area contributed by atoms with Crippen molar-refractivity contribution in [3.05, 3.63) is 35.9 Å².